The van der Waals surface area contributed by atoms with Crippen LogP contribution >= 0.6 is 0 Å². The fourth-order valence-electron chi connectivity index (χ4n) is 1.75. The smallest absolute Gasteiger partial charge is 0.151 e. The molecule has 1 fully saturated rings. The lowest BCUT2D eigenvalue weighted by Gasteiger charge is -2.17. The van der Waals surface area contributed by atoms with Crippen molar-refractivity contribution in [2.75, 3.05) is 23.5 Å². The Labute approximate surface area is 94.2 Å². The maximum Gasteiger partial charge on any atom is 0.151 e. The monoisotopic (exact) mass is 253 g/mol. The third-order valence-corrected chi connectivity index (χ3v) is 5.17. The van der Waals surface area contributed by atoms with E-state index in [1.54, 1.807) is 6.26 Å². The van der Waals surface area contributed by atoms with Gasteiger partial charge in [0.2, 0.25) is 0 Å². The Morgan fingerprint density at radius 3 is 2.67 bits per heavy atom. The second-order valence-corrected chi connectivity index (χ2v) is 8.02. The third kappa shape index (κ3) is 5.08. The van der Waals surface area contributed by atoms with Crippen LogP contribution in [-0.4, -0.2) is 48.2 Å². The molecule has 6 heteroatoms. The Morgan fingerprint density at radius 1 is 1.53 bits per heavy atom. The zero-order valence-electron chi connectivity index (χ0n) is 9.23. The highest BCUT2D eigenvalue weighted by molar-refractivity contribution is 7.91. The number of sulfone groups is 1. The first kappa shape index (κ1) is 13.1. The first-order valence-corrected chi connectivity index (χ1v) is 8.70. The van der Waals surface area contributed by atoms with Gasteiger partial charge in [-0.2, -0.15) is 0 Å². The van der Waals surface area contributed by atoms with E-state index in [4.69, 9.17) is 0 Å². The van der Waals surface area contributed by atoms with Crippen LogP contribution in [0.25, 0.3) is 0 Å². The SMILES string of the molecule is CC(CCS(C)=O)NC1CCS(=O)(=O)C1. The molecule has 1 saturated heterocycles. The van der Waals surface area contributed by atoms with Crippen molar-refractivity contribution in [3.63, 3.8) is 0 Å². The molecule has 1 aliphatic heterocycles. The minimum atomic E-state index is -2.79. The van der Waals surface area contributed by atoms with E-state index < -0.39 is 20.6 Å². The van der Waals surface area contributed by atoms with Crippen LogP contribution in [0.3, 0.4) is 0 Å². The molecule has 0 aromatic carbocycles. The highest BCUT2D eigenvalue weighted by Crippen LogP contribution is 2.12. The predicted octanol–water partition coefficient (Wildman–Crippen LogP) is -0.0798. The van der Waals surface area contributed by atoms with E-state index in [0.29, 0.717) is 17.9 Å². The average Bonchev–Trinajstić information content (AvgIpc) is 2.42. The van der Waals surface area contributed by atoms with E-state index in [1.165, 1.54) is 0 Å². The van der Waals surface area contributed by atoms with E-state index in [2.05, 4.69) is 5.32 Å². The van der Waals surface area contributed by atoms with Crippen LogP contribution in [0.1, 0.15) is 19.8 Å². The van der Waals surface area contributed by atoms with Gasteiger partial charge in [-0.25, -0.2) is 8.42 Å². The molecule has 0 amide bonds. The lowest BCUT2D eigenvalue weighted by Crippen LogP contribution is -2.37. The maximum atomic E-state index is 11.2. The van der Waals surface area contributed by atoms with Crippen molar-refractivity contribution in [1.29, 1.82) is 0 Å². The van der Waals surface area contributed by atoms with Gasteiger partial charge in [0, 0.05) is 34.9 Å². The normalized spacial score (nSPS) is 28.8. The summed E-state index contributed by atoms with van der Waals surface area (Å²) in [6.45, 7) is 2.01. The summed E-state index contributed by atoms with van der Waals surface area (Å²) in [5.41, 5.74) is 0. The summed E-state index contributed by atoms with van der Waals surface area (Å²) in [6, 6.07) is 0.336. The molecule has 1 aliphatic rings. The Kier molecular flexibility index (Phi) is 4.73. The molecule has 0 spiro atoms. The Bertz CT molecular complexity index is 326. The standard InChI is InChI=1S/C9H19NO3S2/c1-8(3-5-14(2)11)10-9-4-6-15(12,13)7-9/h8-10H,3-7H2,1-2H3. The van der Waals surface area contributed by atoms with Crippen LogP contribution in [0, 0.1) is 0 Å². The van der Waals surface area contributed by atoms with E-state index in [-0.39, 0.29) is 17.8 Å². The molecule has 4 nitrogen and oxygen atoms in total. The van der Waals surface area contributed by atoms with Crippen molar-refractivity contribution in [2.45, 2.75) is 31.8 Å². The lowest BCUT2D eigenvalue weighted by atomic mass is 10.2. The number of rotatable bonds is 5. The van der Waals surface area contributed by atoms with Gasteiger partial charge in [-0.3, -0.25) is 4.21 Å². The molecule has 0 saturated carbocycles. The van der Waals surface area contributed by atoms with Gasteiger partial charge < -0.3 is 5.32 Å². The minimum absolute atomic E-state index is 0.0929. The zero-order valence-corrected chi connectivity index (χ0v) is 10.9. The van der Waals surface area contributed by atoms with E-state index in [9.17, 15) is 12.6 Å². The summed E-state index contributed by atoms with van der Waals surface area (Å²) in [5, 5.41) is 3.28. The van der Waals surface area contributed by atoms with Gasteiger partial charge in [-0.1, -0.05) is 0 Å². The molecule has 0 aromatic rings. The van der Waals surface area contributed by atoms with Crippen LogP contribution in [0.4, 0.5) is 0 Å². The summed E-state index contributed by atoms with van der Waals surface area (Å²) < 4.78 is 33.3. The third-order valence-electron chi connectivity index (χ3n) is 2.59. The van der Waals surface area contributed by atoms with Crippen molar-refractivity contribution in [3.8, 4) is 0 Å². The van der Waals surface area contributed by atoms with Gasteiger partial charge in [-0.05, 0) is 19.8 Å². The van der Waals surface area contributed by atoms with Crippen molar-refractivity contribution < 1.29 is 12.6 Å². The topological polar surface area (TPSA) is 63.2 Å². The van der Waals surface area contributed by atoms with E-state index in [0.717, 1.165) is 6.42 Å². The number of hydrogen-bond acceptors (Lipinski definition) is 4. The van der Waals surface area contributed by atoms with E-state index in [1.807, 2.05) is 6.92 Å². The van der Waals surface area contributed by atoms with Gasteiger partial charge >= 0.3 is 0 Å². The van der Waals surface area contributed by atoms with Crippen LogP contribution in [-0.2, 0) is 20.6 Å². The first-order chi connectivity index (χ1) is 6.89. The molecule has 0 radical (unpaired) electrons. The minimum Gasteiger partial charge on any atom is -0.310 e. The molecule has 15 heavy (non-hydrogen) atoms. The molecule has 3 atom stereocenters. The zero-order chi connectivity index (χ0) is 11.5. The van der Waals surface area contributed by atoms with Crippen molar-refractivity contribution in [2.24, 2.45) is 0 Å². The predicted molar refractivity (Wildman–Crippen MR) is 63.2 cm³/mol. The van der Waals surface area contributed by atoms with Crippen LogP contribution in [0.2, 0.25) is 0 Å². The first-order valence-electron chi connectivity index (χ1n) is 5.15. The highest BCUT2D eigenvalue weighted by atomic mass is 32.2. The van der Waals surface area contributed by atoms with Gasteiger partial charge in [0.25, 0.3) is 0 Å². The second-order valence-electron chi connectivity index (χ2n) is 4.23. The second kappa shape index (κ2) is 5.41. The fourth-order valence-corrected chi connectivity index (χ4v) is 4.13. The van der Waals surface area contributed by atoms with Crippen molar-refractivity contribution in [1.82, 2.24) is 5.32 Å². The summed E-state index contributed by atoms with van der Waals surface area (Å²) in [4.78, 5) is 0. The van der Waals surface area contributed by atoms with Gasteiger partial charge in [0.15, 0.2) is 9.84 Å². The van der Waals surface area contributed by atoms with E-state index >= 15 is 0 Å². The summed E-state index contributed by atoms with van der Waals surface area (Å²) in [5.74, 6) is 1.23. The molecular formula is C9H19NO3S2. The average molecular weight is 253 g/mol. The summed E-state index contributed by atoms with van der Waals surface area (Å²) in [6.07, 6.45) is 3.23. The molecule has 0 aromatic heterocycles. The maximum absolute atomic E-state index is 11.2. The van der Waals surface area contributed by atoms with Crippen LogP contribution in [0.5, 0.6) is 0 Å². The lowest BCUT2D eigenvalue weighted by molar-refractivity contribution is 0.463. The van der Waals surface area contributed by atoms with Gasteiger partial charge in [0.1, 0.15) is 0 Å². The quantitative estimate of drug-likeness (QED) is 0.744. The van der Waals surface area contributed by atoms with Crippen molar-refractivity contribution >= 4 is 20.6 Å². The number of nitrogens with one attached hydrogen (secondary N) is 1. The summed E-state index contributed by atoms with van der Waals surface area (Å²) in [7, 11) is -3.56. The molecule has 0 bridgehead atoms. The molecule has 1 N–H and O–H groups in total. The Balaban J connectivity index is 2.27. The van der Waals surface area contributed by atoms with Crippen LogP contribution < -0.4 is 5.32 Å². The number of hydrogen-bond donors (Lipinski definition) is 1. The molecule has 0 aliphatic carbocycles. The van der Waals surface area contributed by atoms with Gasteiger partial charge in [-0.15, -0.1) is 0 Å². The van der Waals surface area contributed by atoms with Crippen molar-refractivity contribution in [3.05, 3.63) is 0 Å². The molecule has 3 unspecified atom stereocenters. The molecule has 1 heterocycles. The molecule has 90 valence electrons. The molecule has 1 rings (SSSR count). The Morgan fingerprint density at radius 2 is 2.20 bits per heavy atom. The highest BCUT2D eigenvalue weighted by Gasteiger charge is 2.28. The Hall–Kier alpha value is 0.0600. The molecular weight excluding hydrogens is 234 g/mol. The van der Waals surface area contributed by atoms with Gasteiger partial charge in [0.05, 0.1) is 11.5 Å². The summed E-state index contributed by atoms with van der Waals surface area (Å²) >= 11 is 0. The fraction of sp³-hybridized carbons (Fsp3) is 1.00. The largest absolute Gasteiger partial charge is 0.310 e. The van der Waals surface area contributed by atoms with Crippen LogP contribution in [0.15, 0.2) is 0 Å².